The molecule has 0 N–H and O–H groups in total. The van der Waals surface area contributed by atoms with Gasteiger partial charge in [0.25, 0.3) is 0 Å². The standard InChI is InChI=1S/C14H10O2S/c15-14-13-10(9-16-14)5-4-8-12(13)17-11-6-2-1-3-7-11/h1-8H,9H2. The van der Waals surface area contributed by atoms with Gasteiger partial charge in [0.05, 0.1) is 5.56 Å². The van der Waals surface area contributed by atoms with E-state index >= 15 is 0 Å². The van der Waals surface area contributed by atoms with Crippen LogP contribution in [-0.4, -0.2) is 5.97 Å². The Kier molecular flexibility index (Phi) is 2.61. The summed E-state index contributed by atoms with van der Waals surface area (Å²) >= 11 is 1.60. The van der Waals surface area contributed by atoms with Crippen molar-refractivity contribution in [2.45, 2.75) is 16.4 Å². The van der Waals surface area contributed by atoms with Gasteiger partial charge in [-0.25, -0.2) is 4.79 Å². The monoisotopic (exact) mass is 242 g/mol. The molecule has 0 spiro atoms. The highest BCUT2D eigenvalue weighted by Crippen LogP contribution is 2.34. The quantitative estimate of drug-likeness (QED) is 0.754. The van der Waals surface area contributed by atoms with Crippen LogP contribution in [0.5, 0.6) is 0 Å². The molecule has 1 heterocycles. The minimum atomic E-state index is -0.209. The molecule has 2 aromatic carbocycles. The molecule has 2 nitrogen and oxygen atoms in total. The molecule has 0 amide bonds. The number of carbonyl (C=O) groups is 1. The molecular weight excluding hydrogens is 232 g/mol. The molecule has 84 valence electrons. The van der Waals surface area contributed by atoms with Crippen LogP contribution in [0, 0.1) is 0 Å². The zero-order valence-corrected chi connectivity index (χ0v) is 9.87. The second-order valence-corrected chi connectivity index (χ2v) is 4.90. The van der Waals surface area contributed by atoms with E-state index in [0.717, 1.165) is 20.9 Å². The van der Waals surface area contributed by atoms with Crippen LogP contribution >= 0.6 is 11.8 Å². The Morgan fingerprint density at radius 2 is 1.82 bits per heavy atom. The van der Waals surface area contributed by atoms with Gasteiger partial charge in [0, 0.05) is 15.4 Å². The van der Waals surface area contributed by atoms with Crippen molar-refractivity contribution in [3.63, 3.8) is 0 Å². The van der Waals surface area contributed by atoms with E-state index in [2.05, 4.69) is 0 Å². The lowest BCUT2D eigenvalue weighted by Crippen LogP contribution is -1.96. The summed E-state index contributed by atoms with van der Waals surface area (Å²) in [5.41, 5.74) is 1.71. The first-order chi connectivity index (χ1) is 8.34. The van der Waals surface area contributed by atoms with Gasteiger partial charge in [-0.15, -0.1) is 0 Å². The number of hydrogen-bond acceptors (Lipinski definition) is 3. The van der Waals surface area contributed by atoms with E-state index < -0.39 is 0 Å². The Bertz CT molecular complexity index is 564. The molecule has 0 radical (unpaired) electrons. The highest BCUT2D eigenvalue weighted by molar-refractivity contribution is 7.99. The number of rotatable bonds is 2. The summed E-state index contributed by atoms with van der Waals surface area (Å²) < 4.78 is 5.05. The molecule has 3 rings (SSSR count). The Balaban J connectivity index is 2.00. The van der Waals surface area contributed by atoms with Gasteiger partial charge < -0.3 is 4.74 Å². The summed E-state index contributed by atoms with van der Waals surface area (Å²) in [6, 6.07) is 15.9. The number of ether oxygens (including phenoxy) is 1. The van der Waals surface area contributed by atoms with Gasteiger partial charge in [0.2, 0.25) is 0 Å². The third-order valence-corrected chi connectivity index (χ3v) is 3.71. The van der Waals surface area contributed by atoms with E-state index in [0.29, 0.717) is 6.61 Å². The minimum Gasteiger partial charge on any atom is -0.457 e. The lowest BCUT2D eigenvalue weighted by molar-refractivity contribution is 0.0532. The smallest absolute Gasteiger partial charge is 0.340 e. The van der Waals surface area contributed by atoms with Gasteiger partial charge >= 0.3 is 5.97 Å². The van der Waals surface area contributed by atoms with Crippen LogP contribution in [0.2, 0.25) is 0 Å². The van der Waals surface area contributed by atoms with E-state index in [1.807, 2.05) is 48.5 Å². The SMILES string of the molecule is O=C1OCc2cccc(Sc3ccccc3)c21. The maximum absolute atomic E-state index is 11.6. The second-order valence-electron chi connectivity index (χ2n) is 3.78. The lowest BCUT2D eigenvalue weighted by atomic mass is 10.1. The molecule has 0 aliphatic carbocycles. The molecule has 0 saturated heterocycles. The zero-order valence-electron chi connectivity index (χ0n) is 9.05. The third-order valence-electron chi connectivity index (χ3n) is 2.65. The highest BCUT2D eigenvalue weighted by Gasteiger charge is 2.24. The van der Waals surface area contributed by atoms with Crippen molar-refractivity contribution >= 4 is 17.7 Å². The molecule has 0 atom stereocenters. The molecule has 3 heteroatoms. The van der Waals surface area contributed by atoms with Crippen LogP contribution in [0.15, 0.2) is 58.3 Å². The van der Waals surface area contributed by atoms with Crippen LogP contribution in [0.3, 0.4) is 0 Å². The predicted octanol–water partition coefficient (Wildman–Crippen LogP) is 3.51. The largest absolute Gasteiger partial charge is 0.457 e. The van der Waals surface area contributed by atoms with Crippen LogP contribution in [-0.2, 0) is 11.3 Å². The molecule has 2 aromatic rings. The molecule has 0 unspecified atom stereocenters. The van der Waals surface area contributed by atoms with Gasteiger partial charge in [-0.1, -0.05) is 42.1 Å². The Morgan fingerprint density at radius 1 is 1.00 bits per heavy atom. The number of benzene rings is 2. The molecule has 0 fully saturated rings. The van der Waals surface area contributed by atoms with Gasteiger partial charge in [0.15, 0.2) is 0 Å². The molecule has 1 aliphatic rings. The molecule has 17 heavy (non-hydrogen) atoms. The van der Waals surface area contributed by atoms with E-state index in [4.69, 9.17) is 4.74 Å². The summed E-state index contributed by atoms with van der Waals surface area (Å²) in [6.45, 7) is 0.400. The van der Waals surface area contributed by atoms with E-state index in [-0.39, 0.29) is 5.97 Å². The number of esters is 1. The average molecular weight is 242 g/mol. The Morgan fingerprint density at radius 3 is 2.65 bits per heavy atom. The van der Waals surface area contributed by atoms with Gasteiger partial charge in [0.1, 0.15) is 6.61 Å². The first-order valence-corrected chi connectivity index (χ1v) is 6.18. The summed E-state index contributed by atoms with van der Waals surface area (Å²) in [5.74, 6) is -0.209. The van der Waals surface area contributed by atoms with Crippen molar-refractivity contribution in [2.75, 3.05) is 0 Å². The number of hydrogen-bond donors (Lipinski definition) is 0. The normalized spacial score (nSPS) is 13.3. The highest BCUT2D eigenvalue weighted by atomic mass is 32.2. The second kappa shape index (κ2) is 4.26. The first-order valence-electron chi connectivity index (χ1n) is 5.36. The van der Waals surface area contributed by atoms with Crippen LogP contribution in [0.4, 0.5) is 0 Å². The van der Waals surface area contributed by atoms with Crippen molar-refractivity contribution in [3.05, 3.63) is 59.7 Å². The summed E-state index contributed by atoms with van der Waals surface area (Å²) in [6.07, 6.45) is 0. The van der Waals surface area contributed by atoms with Crippen molar-refractivity contribution in [1.82, 2.24) is 0 Å². The molecule has 0 saturated carbocycles. The van der Waals surface area contributed by atoms with Crippen LogP contribution in [0.1, 0.15) is 15.9 Å². The van der Waals surface area contributed by atoms with Crippen LogP contribution < -0.4 is 0 Å². The molecular formula is C14H10O2S. The number of fused-ring (bicyclic) bond motifs is 1. The fourth-order valence-corrected chi connectivity index (χ4v) is 2.85. The fraction of sp³-hybridized carbons (Fsp3) is 0.0714. The van der Waals surface area contributed by atoms with E-state index in [9.17, 15) is 4.79 Å². The molecule has 0 aromatic heterocycles. The van der Waals surface area contributed by atoms with Crippen molar-refractivity contribution in [2.24, 2.45) is 0 Å². The maximum atomic E-state index is 11.6. The Labute approximate surface area is 104 Å². The summed E-state index contributed by atoms with van der Waals surface area (Å²) in [5, 5.41) is 0. The fourth-order valence-electron chi connectivity index (χ4n) is 1.84. The Hall–Kier alpha value is -1.74. The van der Waals surface area contributed by atoms with Crippen molar-refractivity contribution in [3.8, 4) is 0 Å². The van der Waals surface area contributed by atoms with Gasteiger partial charge in [-0.05, 0) is 18.2 Å². The maximum Gasteiger partial charge on any atom is 0.340 e. The topological polar surface area (TPSA) is 26.3 Å². The average Bonchev–Trinajstić information content (AvgIpc) is 2.74. The summed E-state index contributed by atoms with van der Waals surface area (Å²) in [4.78, 5) is 13.7. The van der Waals surface area contributed by atoms with Crippen LogP contribution in [0.25, 0.3) is 0 Å². The number of carbonyl (C=O) groups excluding carboxylic acids is 1. The third kappa shape index (κ3) is 1.94. The zero-order chi connectivity index (χ0) is 11.7. The number of cyclic esters (lactones) is 1. The lowest BCUT2D eigenvalue weighted by Gasteiger charge is -2.04. The molecule has 1 aliphatic heterocycles. The van der Waals surface area contributed by atoms with Gasteiger partial charge in [-0.2, -0.15) is 0 Å². The van der Waals surface area contributed by atoms with Crippen molar-refractivity contribution in [1.29, 1.82) is 0 Å². The van der Waals surface area contributed by atoms with Gasteiger partial charge in [-0.3, -0.25) is 0 Å². The molecule has 0 bridgehead atoms. The predicted molar refractivity (Wildman–Crippen MR) is 66.1 cm³/mol. The van der Waals surface area contributed by atoms with E-state index in [1.54, 1.807) is 11.8 Å². The summed E-state index contributed by atoms with van der Waals surface area (Å²) in [7, 11) is 0. The van der Waals surface area contributed by atoms with E-state index in [1.165, 1.54) is 0 Å². The minimum absolute atomic E-state index is 0.209. The van der Waals surface area contributed by atoms with Crippen molar-refractivity contribution < 1.29 is 9.53 Å². The first kappa shape index (κ1) is 10.4.